The smallest absolute Gasteiger partial charge is 0.326 e. The molecule has 0 fully saturated rings. The van der Waals surface area contributed by atoms with Gasteiger partial charge in [-0.15, -0.1) is 0 Å². The minimum atomic E-state index is -1.10. The predicted octanol–water partition coefficient (Wildman–Crippen LogP) is 4.49. The fourth-order valence-corrected chi connectivity index (χ4v) is 3.77. The Bertz CT molecular complexity index is 1180. The van der Waals surface area contributed by atoms with Crippen LogP contribution in [-0.2, 0) is 22.4 Å². The number of halogens is 1. The maximum Gasteiger partial charge on any atom is 0.326 e. The topological polar surface area (TPSA) is 66.4 Å². The van der Waals surface area contributed by atoms with E-state index in [0.717, 1.165) is 27.1 Å². The van der Waals surface area contributed by atoms with E-state index in [0.29, 0.717) is 5.56 Å². The van der Waals surface area contributed by atoms with E-state index in [2.05, 4.69) is 11.4 Å². The maximum absolute atomic E-state index is 13.1. The third-order valence-electron chi connectivity index (χ3n) is 5.20. The first kappa shape index (κ1) is 19.6. The van der Waals surface area contributed by atoms with E-state index in [-0.39, 0.29) is 18.7 Å². The van der Waals surface area contributed by atoms with Gasteiger partial charge in [-0.2, -0.15) is 0 Å². The molecule has 0 unspecified atom stereocenters. The summed E-state index contributed by atoms with van der Waals surface area (Å²) in [5.74, 6) is -1.90. The van der Waals surface area contributed by atoms with Crippen LogP contribution in [0.15, 0.2) is 78.9 Å². The number of nitrogens with one attached hydrogen (secondary N) is 1. The van der Waals surface area contributed by atoms with E-state index in [1.165, 1.54) is 24.3 Å². The number of aliphatic carboxylic acids is 1. The molecule has 4 rings (SSSR count). The molecule has 0 aliphatic rings. The summed E-state index contributed by atoms with van der Waals surface area (Å²) in [6.07, 6.45) is 0.146. The molecule has 0 heterocycles. The minimum absolute atomic E-state index is 0.0135. The Hall–Kier alpha value is -3.73. The molecule has 2 N–H and O–H groups in total. The van der Waals surface area contributed by atoms with Crippen LogP contribution < -0.4 is 5.32 Å². The zero-order chi connectivity index (χ0) is 21.1. The molecule has 0 saturated carbocycles. The Morgan fingerprint density at radius 2 is 1.43 bits per heavy atom. The Morgan fingerprint density at radius 1 is 0.867 bits per heavy atom. The summed E-state index contributed by atoms with van der Waals surface area (Å²) in [4.78, 5) is 24.4. The molecule has 1 atom stereocenters. The van der Waals surface area contributed by atoms with Crippen molar-refractivity contribution >= 4 is 33.4 Å². The summed E-state index contributed by atoms with van der Waals surface area (Å²) in [5.41, 5.74) is 1.51. The summed E-state index contributed by atoms with van der Waals surface area (Å²) < 4.78 is 13.1. The van der Waals surface area contributed by atoms with Crippen molar-refractivity contribution in [3.05, 3.63) is 95.8 Å². The minimum Gasteiger partial charge on any atom is -0.480 e. The van der Waals surface area contributed by atoms with Gasteiger partial charge in [-0.3, -0.25) is 4.79 Å². The molecular weight excluding hydrogens is 381 g/mol. The number of carbonyl (C=O) groups is 2. The van der Waals surface area contributed by atoms with Crippen LogP contribution in [-0.4, -0.2) is 23.0 Å². The van der Waals surface area contributed by atoms with Gasteiger partial charge in [0.25, 0.3) is 0 Å². The van der Waals surface area contributed by atoms with Crippen molar-refractivity contribution in [2.45, 2.75) is 18.9 Å². The molecule has 4 aromatic carbocycles. The first-order valence-corrected chi connectivity index (χ1v) is 9.67. The SMILES string of the molecule is O=C(Cc1ccc(F)cc1)N[C@@H](Cc1c2ccccc2cc2ccccc12)C(=O)O. The van der Waals surface area contributed by atoms with Crippen molar-refractivity contribution in [2.24, 2.45) is 0 Å². The van der Waals surface area contributed by atoms with Crippen LogP contribution in [0, 0.1) is 5.82 Å². The van der Waals surface area contributed by atoms with E-state index in [9.17, 15) is 19.1 Å². The van der Waals surface area contributed by atoms with Crippen LogP contribution in [0.3, 0.4) is 0 Å². The zero-order valence-corrected chi connectivity index (χ0v) is 16.1. The number of benzene rings is 4. The van der Waals surface area contributed by atoms with E-state index in [1.54, 1.807) is 0 Å². The third kappa shape index (κ3) is 4.15. The number of amides is 1. The van der Waals surface area contributed by atoms with Gasteiger partial charge in [0.15, 0.2) is 0 Å². The van der Waals surface area contributed by atoms with Gasteiger partial charge in [-0.25, -0.2) is 9.18 Å². The second kappa shape index (κ2) is 8.33. The van der Waals surface area contributed by atoms with Crippen LogP contribution in [0.5, 0.6) is 0 Å². The average molecular weight is 401 g/mol. The van der Waals surface area contributed by atoms with Crippen molar-refractivity contribution in [2.75, 3.05) is 0 Å². The molecule has 150 valence electrons. The molecule has 0 radical (unpaired) electrons. The van der Waals surface area contributed by atoms with Crippen LogP contribution in [0.1, 0.15) is 11.1 Å². The number of hydrogen-bond acceptors (Lipinski definition) is 2. The third-order valence-corrected chi connectivity index (χ3v) is 5.20. The summed E-state index contributed by atoms with van der Waals surface area (Å²) >= 11 is 0. The number of hydrogen-bond donors (Lipinski definition) is 2. The fraction of sp³-hybridized carbons (Fsp3) is 0.120. The number of carboxylic acid groups (broad SMARTS) is 1. The van der Waals surface area contributed by atoms with Crippen molar-refractivity contribution in [3.8, 4) is 0 Å². The van der Waals surface area contributed by atoms with Gasteiger partial charge in [-0.05, 0) is 50.9 Å². The number of fused-ring (bicyclic) bond motifs is 2. The van der Waals surface area contributed by atoms with Crippen LogP contribution in [0.4, 0.5) is 4.39 Å². The Kier molecular flexibility index (Phi) is 5.44. The Labute approximate surface area is 173 Å². The highest BCUT2D eigenvalue weighted by Crippen LogP contribution is 2.29. The maximum atomic E-state index is 13.1. The van der Waals surface area contributed by atoms with Gasteiger partial charge in [-0.1, -0.05) is 60.7 Å². The summed E-state index contributed by atoms with van der Waals surface area (Å²) in [6.45, 7) is 0. The highest BCUT2D eigenvalue weighted by atomic mass is 19.1. The Morgan fingerprint density at radius 3 is 2.00 bits per heavy atom. The van der Waals surface area contributed by atoms with E-state index in [4.69, 9.17) is 0 Å². The first-order chi connectivity index (χ1) is 14.5. The molecule has 0 saturated heterocycles. The molecule has 30 heavy (non-hydrogen) atoms. The summed E-state index contributed by atoms with van der Waals surface area (Å²) in [5, 5.41) is 16.4. The number of carbonyl (C=O) groups excluding carboxylic acids is 1. The second-order valence-electron chi connectivity index (χ2n) is 7.26. The normalized spacial score (nSPS) is 12.0. The molecule has 5 heteroatoms. The van der Waals surface area contributed by atoms with E-state index >= 15 is 0 Å². The first-order valence-electron chi connectivity index (χ1n) is 9.67. The lowest BCUT2D eigenvalue weighted by molar-refractivity contribution is -0.141. The quantitative estimate of drug-likeness (QED) is 0.468. The molecule has 4 aromatic rings. The highest BCUT2D eigenvalue weighted by molar-refractivity contribution is 6.02. The van der Waals surface area contributed by atoms with Crippen molar-refractivity contribution in [1.82, 2.24) is 5.32 Å². The molecular formula is C25H20FNO3. The Balaban J connectivity index is 1.64. The van der Waals surface area contributed by atoms with Crippen molar-refractivity contribution < 1.29 is 19.1 Å². The van der Waals surface area contributed by atoms with Crippen molar-refractivity contribution in [1.29, 1.82) is 0 Å². The lowest BCUT2D eigenvalue weighted by Crippen LogP contribution is -2.43. The summed E-state index contributed by atoms with van der Waals surface area (Å²) in [6, 6.07) is 22.2. The predicted molar refractivity (Wildman–Crippen MR) is 115 cm³/mol. The van der Waals surface area contributed by atoms with Crippen LogP contribution in [0.2, 0.25) is 0 Å². The van der Waals surface area contributed by atoms with Gasteiger partial charge in [0, 0.05) is 6.42 Å². The molecule has 0 spiro atoms. The fourth-order valence-electron chi connectivity index (χ4n) is 3.77. The van der Waals surface area contributed by atoms with Crippen LogP contribution >= 0.6 is 0 Å². The number of carboxylic acids is 1. The van der Waals surface area contributed by atoms with E-state index in [1.807, 2.05) is 48.5 Å². The van der Waals surface area contributed by atoms with E-state index < -0.39 is 17.9 Å². The number of rotatable bonds is 6. The standard InChI is InChI=1S/C25H20FNO3/c26-19-11-9-16(10-12-19)13-24(28)27-23(25(29)30)15-22-20-7-3-1-5-17(20)14-18-6-2-4-8-21(18)22/h1-12,14,23H,13,15H2,(H,27,28)(H,29,30)/t23-/m0/s1. The average Bonchev–Trinajstić information content (AvgIpc) is 2.74. The molecule has 4 nitrogen and oxygen atoms in total. The van der Waals surface area contributed by atoms with Crippen molar-refractivity contribution in [3.63, 3.8) is 0 Å². The lowest BCUT2D eigenvalue weighted by atomic mass is 9.92. The van der Waals surface area contributed by atoms with Gasteiger partial charge in [0.05, 0.1) is 6.42 Å². The second-order valence-corrected chi connectivity index (χ2v) is 7.26. The molecule has 0 aromatic heterocycles. The molecule has 0 bridgehead atoms. The molecule has 1 amide bonds. The van der Waals surface area contributed by atoms with Gasteiger partial charge >= 0.3 is 5.97 Å². The van der Waals surface area contributed by atoms with Gasteiger partial charge in [0.1, 0.15) is 11.9 Å². The zero-order valence-electron chi connectivity index (χ0n) is 16.1. The monoisotopic (exact) mass is 401 g/mol. The molecule has 0 aliphatic carbocycles. The largest absolute Gasteiger partial charge is 0.480 e. The highest BCUT2D eigenvalue weighted by Gasteiger charge is 2.22. The summed E-state index contributed by atoms with van der Waals surface area (Å²) in [7, 11) is 0. The van der Waals surface area contributed by atoms with Gasteiger partial charge in [0.2, 0.25) is 5.91 Å². The molecule has 0 aliphatic heterocycles. The van der Waals surface area contributed by atoms with Gasteiger partial charge < -0.3 is 10.4 Å². The lowest BCUT2D eigenvalue weighted by Gasteiger charge is -2.18. The van der Waals surface area contributed by atoms with Crippen LogP contribution in [0.25, 0.3) is 21.5 Å².